The van der Waals surface area contributed by atoms with Crippen LogP contribution in [-0.4, -0.2) is 48.6 Å². The molecule has 0 atom stereocenters. The summed E-state index contributed by atoms with van der Waals surface area (Å²) >= 11 is 0. The smallest absolute Gasteiger partial charge is 0.333 e. The lowest BCUT2D eigenvalue weighted by Crippen LogP contribution is -2.29. The van der Waals surface area contributed by atoms with Gasteiger partial charge in [0, 0.05) is 5.57 Å². The lowest BCUT2D eigenvalue weighted by Gasteiger charge is -2.22. The average molecular weight is 260 g/mol. The Morgan fingerprint density at radius 3 is 2.11 bits per heavy atom. The molecule has 0 heterocycles. The van der Waals surface area contributed by atoms with Crippen LogP contribution in [0.3, 0.4) is 0 Å². The van der Waals surface area contributed by atoms with E-state index < -0.39 is 17.4 Å². The van der Waals surface area contributed by atoms with Crippen LogP contribution >= 0.6 is 0 Å². The number of aliphatic hydroxyl groups is 2. The highest BCUT2D eigenvalue weighted by Crippen LogP contribution is 2.26. The Balaban J connectivity index is 4.33. The molecule has 0 radical (unpaired) electrons. The molecule has 6 nitrogen and oxygen atoms in total. The fraction of sp³-hybridized carbons (Fsp3) is 0.667. The predicted octanol–water partition coefficient (Wildman–Crippen LogP) is 0.0299. The second kappa shape index (κ2) is 7.84. The summed E-state index contributed by atoms with van der Waals surface area (Å²) in [6, 6.07) is 0. The van der Waals surface area contributed by atoms with E-state index in [1.54, 1.807) is 13.8 Å². The monoisotopic (exact) mass is 260 g/mol. The summed E-state index contributed by atoms with van der Waals surface area (Å²) in [6.07, 6.45) is 0.0848. The molecule has 0 aromatic rings. The van der Waals surface area contributed by atoms with Gasteiger partial charge in [0.15, 0.2) is 0 Å². The van der Waals surface area contributed by atoms with Crippen molar-refractivity contribution in [2.24, 2.45) is 5.41 Å². The third-order valence-corrected chi connectivity index (χ3v) is 2.15. The second-order valence-corrected chi connectivity index (χ2v) is 4.38. The molecule has 0 saturated heterocycles. The van der Waals surface area contributed by atoms with E-state index in [0.29, 0.717) is 0 Å². The SMILES string of the molecule is C=C(CC(C)(C)C(=O)OCCO)C(=O)OCCO. The van der Waals surface area contributed by atoms with Crippen LogP contribution in [0.2, 0.25) is 0 Å². The molecule has 2 N–H and O–H groups in total. The van der Waals surface area contributed by atoms with E-state index >= 15 is 0 Å². The summed E-state index contributed by atoms with van der Waals surface area (Å²) in [5.74, 6) is -1.17. The Hall–Kier alpha value is -1.40. The Morgan fingerprint density at radius 2 is 1.61 bits per heavy atom. The van der Waals surface area contributed by atoms with Crippen molar-refractivity contribution < 1.29 is 29.3 Å². The zero-order valence-corrected chi connectivity index (χ0v) is 10.8. The first-order valence-electron chi connectivity index (χ1n) is 5.59. The molecule has 18 heavy (non-hydrogen) atoms. The largest absolute Gasteiger partial charge is 0.463 e. The van der Waals surface area contributed by atoms with Gasteiger partial charge in [-0.1, -0.05) is 6.58 Å². The van der Waals surface area contributed by atoms with Crippen molar-refractivity contribution >= 4 is 11.9 Å². The molecule has 0 aliphatic carbocycles. The molecule has 0 aliphatic heterocycles. The highest BCUT2D eigenvalue weighted by Gasteiger charge is 2.31. The van der Waals surface area contributed by atoms with Crippen molar-refractivity contribution in [3.63, 3.8) is 0 Å². The Labute approximate surface area is 106 Å². The van der Waals surface area contributed by atoms with Gasteiger partial charge in [0.1, 0.15) is 13.2 Å². The van der Waals surface area contributed by atoms with Gasteiger partial charge in [-0.25, -0.2) is 4.79 Å². The quantitative estimate of drug-likeness (QED) is 0.472. The first kappa shape index (κ1) is 16.6. The molecule has 0 saturated carbocycles. The molecule has 0 amide bonds. The van der Waals surface area contributed by atoms with E-state index in [0.717, 1.165) is 0 Å². The Kier molecular flexibility index (Phi) is 7.23. The van der Waals surface area contributed by atoms with Crippen LogP contribution in [0.1, 0.15) is 20.3 Å². The molecule has 0 aromatic carbocycles. The van der Waals surface area contributed by atoms with Gasteiger partial charge >= 0.3 is 11.9 Å². The van der Waals surface area contributed by atoms with E-state index in [2.05, 4.69) is 11.3 Å². The van der Waals surface area contributed by atoms with Gasteiger partial charge in [0.05, 0.1) is 18.6 Å². The number of hydrogen-bond donors (Lipinski definition) is 2. The minimum absolute atomic E-state index is 0.0797. The molecule has 6 heteroatoms. The van der Waals surface area contributed by atoms with Crippen molar-refractivity contribution in [2.45, 2.75) is 20.3 Å². The minimum atomic E-state index is -0.926. The van der Waals surface area contributed by atoms with Crippen molar-refractivity contribution in [3.8, 4) is 0 Å². The van der Waals surface area contributed by atoms with Crippen LogP contribution < -0.4 is 0 Å². The standard InChI is InChI=1S/C12H20O6/c1-9(10(15)17-6-4-13)8-12(2,3)11(16)18-7-5-14/h13-14H,1,4-8H2,2-3H3. The van der Waals surface area contributed by atoms with E-state index in [1.807, 2.05) is 0 Å². The number of carbonyl (C=O) groups is 2. The molecule has 0 aliphatic rings. The summed E-state index contributed by atoms with van der Waals surface area (Å²) in [5, 5.41) is 17.1. The van der Waals surface area contributed by atoms with Crippen LogP contribution in [0.25, 0.3) is 0 Å². The van der Waals surface area contributed by atoms with Crippen LogP contribution in [0.15, 0.2) is 12.2 Å². The van der Waals surface area contributed by atoms with Gasteiger partial charge in [0.25, 0.3) is 0 Å². The third-order valence-electron chi connectivity index (χ3n) is 2.15. The van der Waals surface area contributed by atoms with E-state index in [9.17, 15) is 9.59 Å². The number of aliphatic hydroxyl groups excluding tert-OH is 2. The molecule has 104 valence electrons. The molecule has 0 rings (SSSR count). The third kappa shape index (κ3) is 5.79. The summed E-state index contributed by atoms with van der Waals surface area (Å²) < 4.78 is 9.47. The number of esters is 2. The van der Waals surface area contributed by atoms with Gasteiger partial charge in [0.2, 0.25) is 0 Å². The minimum Gasteiger partial charge on any atom is -0.463 e. The maximum Gasteiger partial charge on any atom is 0.333 e. The number of hydrogen-bond acceptors (Lipinski definition) is 6. The first-order valence-corrected chi connectivity index (χ1v) is 5.59. The zero-order chi connectivity index (χ0) is 14.2. The lowest BCUT2D eigenvalue weighted by molar-refractivity contribution is -0.155. The molecule has 0 fully saturated rings. The normalized spacial score (nSPS) is 10.9. The molecule has 0 aromatic heterocycles. The zero-order valence-electron chi connectivity index (χ0n) is 10.8. The van der Waals surface area contributed by atoms with E-state index in [1.165, 1.54) is 0 Å². The first-order chi connectivity index (χ1) is 8.35. The predicted molar refractivity (Wildman–Crippen MR) is 63.6 cm³/mol. The van der Waals surface area contributed by atoms with Crippen LogP contribution in [0.4, 0.5) is 0 Å². The van der Waals surface area contributed by atoms with Crippen molar-refractivity contribution in [3.05, 3.63) is 12.2 Å². The van der Waals surface area contributed by atoms with E-state index in [4.69, 9.17) is 14.9 Å². The summed E-state index contributed by atoms with van der Waals surface area (Å²) in [7, 11) is 0. The van der Waals surface area contributed by atoms with Crippen LogP contribution in [0, 0.1) is 5.41 Å². The van der Waals surface area contributed by atoms with Gasteiger partial charge in [-0.2, -0.15) is 0 Å². The van der Waals surface area contributed by atoms with Crippen molar-refractivity contribution in [2.75, 3.05) is 26.4 Å². The average Bonchev–Trinajstić information content (AvgIpc) is 2.32. The molecule has 0 spiro atoms. The van der Waals surface area contributed by atoms with Crippen LogP contribution in [0.5, 0.6) is 0 Å². The Bertz CT molecular complexity index is 308. The highest BCUT2D eigenvalue weighted by molar-refractivity contribution is 5.89. The topological polar surface area (TPSA) is 93.1 Å². The van der Waals surface area contributed by atoms with Crippen molar-refractivity contribution in [1.29, 1.82) is 0 Å². The maximum absolute atomic E-state index is 11.6. The molecule has 0 bridgehead atoms. The lowest BCUT2D eigenvalue weighted by atomic mass is 9.86. The molecular formula is C12H20O6. The fourth-order valence-corrected chi connectivity index (χ4v) is 1.25. The number of carbonyl (C=O) groups excluding carboxylic acids is 2. The second-order valence-electron chi connectivity index (χ2n) is 4.38. The van der Waals surface area contributed by atoms with Gasteiger partial charge in [-0.05, 0) is 20.3 Å². The number of ether oxygens (including phenoxy) is 2. The van der Waals surface area contributed by atoms with E-state index in [-0.39, 0.29) is 38.4 Å². The summed E-state index contributed by atoms with van der Waals surface area (Å²) in [4.78, 5) is 23.0. The fourth-order valence-electron chi connectivity index (χ4n) is 1.25. The molecule has 0 unspecified atom stereocenters. The molecular weight excluding hydrogens is 240 g/mol. The maximum atomic E-state index is 11.6. The van der Waals surface area contributed by atoms with Crippen LogP contribution in [-0.2, 0) is 19.1 Å². The summed E-state index contributed by atoms with van der Waals surface area (Å²) in [5.41, 5.74) is -0.792. The van der Waals surface area contributed by atoms with Gasteiger partial charge in [-0.3, -0.25) is 4.79 Å². The number of rotatable bonds is 8. The summed E-state index contributed by atoms with van der Waals surface area (Å²) in [6.45, 7) is 6.06. The van der Waals surface area contributed by atoms with Gasteiger partial charge in [-0.15, -0.1) is 0 Å². The highest BCUT2D eigenvalue weighted by atomic mass is 16.5. The van der Waals surface area contributed by atoms with Crippen molar-refractivity contribution in [1.82, 2.24) is 0 Å². The van der Waals surface area contributed by atoms with Gasteiger partial charge < -0.3 is 19.7 Å². The Morgan fingerprint density at radius 1 is 1.11 bits per heavy atom.